The molecule has 0 atom stereocenters. The third-order valence-corrected chi connectivity index (χ3v) is 3.62. The number of hydrogen-bond acceptors (Lipinski definition) is 4. The first-order valence-corrected chi connectivity index (χ1v) is 7.50. The van der Waals surface area contributed by atoms with Gasteiger partial charge in [-0.25, -0.2) is 9.97 Å². The van der Waals surface area contributed by atoms with Gasteiger partial charge in [-0.2, -0.15) is 0 Å². The predicted molar refractivity (Wildman–Crippen MR) is 86.1 cm³/mol. The average Bonchev–Trinajstić information content (AvgIpc) is 2.77. The molecule has 0 aliphatic rings. The molecule has 5 nitrogen and oxygen atoms in total. The van der Waals surface area contributed by atoms with E-state index in [1.165, 1.54) is 0 Å². The van der Waals surface area contributed by atoms with Crippen LogP contribution in [-0.4, -0.2) is 19.5 Å². The molecule has 3 heterocycles. The molecule has 0 saturated carbocycles. The molecule has 0 amide bonds. The summed E-state index contributed by atoms with van der Waals surface area (Å²) in [7, 11) is 0. The van der Waals surface area contributed by atoms with E-state index in [-0.39, 0.29) is 0 Å². The molecule has 110 valence electrons. The van der Waals surface area contributed by atoms with Crippen LogP contribution in [-0.2, 0) is 13.0 Å². The Morgan fingerprint density at radius 3 is 2.81 bits per heavy atom. The quantitative estimate of drug-likeness (QED) is 0.798. The number of fused-ring (bicyclic) bond motifs is 2. The van der Waals surface area contributed by atoms with E-state index in [0.717, 1.165) is 53.0 Å². The Bertz CT molecular complexity index is 788. The molecule has 0 aromatic carbocycles. The Hall–Kier alpha value is -2.17. The molecule has 0 bridgehead atoms. The molecule has 0 fully saturated rings. The van der Waals surface area contributed by atoms with Crippen LogP contribution in [0.4, 0.5) is 5.69 Å². The number of nitrogen functional groups attached to an aromatic ring is 1. The first-order chi connectivity index (χ1) is 10.1. The zero-order valence-corrected chi connectivity index (χ0v) is 12.8. The van der Waals surface area contributed by atoms with Crippen LogP contribution < -0.4 is 5.73 Å². The highest BCUT2D eigenvalue weighted by atomic mass is 15.1. The Kier molecular flexibility index (Phi) is 3.49. The van der Waals surface area contributed by atoms with E-state index in [1.807, 2.05) is 6.07 Å². The summed E-state index contributed by atoms with van der Waals surface area (Å²) in [4.78, 5) is 13.5. The van der Waals surface area contributed by atoms with Gasteiger partial charge in [-0.3, -0.25) is 4.98 Å². The summed E-state index contributed by atoms with van der Waals surface area (Å²) in [5, 5.41) is 0.901. The summed E-state index contributed by atoms with van der Waals surface area (Å²) in [6.07, 6.45) is 5.52. The highest BCUT2D eigenvalue weighted by Crippen LogP contribution is 2.29. The van der Waals surface area contributed by atoms with Gasteiger partial charge in [0.1, 0.15) is 11.3 Å². The van der Waals surface area contributed by atoms with Gasteiger partial charge in [0.15, 0.2) is 5.65 Å². The summed E-state index contributed by atoms with van der Waals surface area (Å²) in [5.74, 6) is 1.60. The van der Waals surface area contributed by atoms with Crippen molar-refractivity contribution in [2.75, 3.05) is 5.73 Å². The Balaban J connectivity index is 2.34. The SMILES string of the molecule is CCCc1nc2nc3ccncc3c(N)c2n1CC(C)C. The van der Waals surface area contributed by atoms with Crippen LogP contribution in [0.15, 0.2) is 18.5 Å². The van der Waals surface area contributed by atoms with Crippen molar-refractivity contribution in [1.29, 1.82) is 0 Å². The topological polar surface area (TPSA) is 69.6 Å². The molecule has 3 rings (SSSR count). The number of pyridine rings is 2. The minimum atomic E-state index is 0.530. The van der Waals surface area contributed by atoms with Crippen LogP contribution in [0, 0.1) is 5.92 Å². The van der Waals surface area contributed by atoms with Crippen LogP contribution >= 0.6 is 0 Å². The predicted octanol–water partition coefficient (Wildman–Crippen LogP) is 3.17. The Morgan fingerprint density at radius 1 is 1.29 bits per heavy atom. The molecule has 3 aromatic rings. The van der Waals surface area contributed by atoms with Crippen molar-refractivity contribution >= 4 is 27.8 Å². The zero-order chi connectivity index (χ0) is 15.0. The molecule has 2 N–H and O–H groups in total. The summed E-state index contributed by atoms with van der Waals surface area (Å²) in [6.45, 7) is 7.47. The van der Waals surface area contributed by atoms with Gasteiger partial charge in [-0.1, -0.05) is 20.8 Å². The van der Waals surface area contributed by atoms with Gasteiger partial charge < -0.3 is 10.3 Å². The molecule has 3 aromatic heterocycles. The standard InChI is InChI=1S/C16H21N5/c1-4-5-13-20-16-15(21(13)9-10(2)3)14(17)11-8-18-7-6-12(11)19-16/h6-8,10H,4-5,9H2,1-3H3,(H2,17,19). The Morgan fingerprint density at radius 2 is 2.10 bits per heavy atom. The number of aromatic nitrogens is 4. The number of imidazole rings is 1. The minimum absolute atomic E-state index is 0.530. The van der Waals surface area contributed by atoms with Crippen molar-refractivity contribution in [3.8, 4) is 0 Å². The maximum atomic E-state index is 6.40. The summed E-state index contributed by atoms with van der Waals surface area (Å²) in [5.41, 5.74) is 9.69. The van der Waals surface area contributed by atoms with Crippen molar-refractivity contribution in [3.63, 3.8) is 0 Å². The van der Waals surface area contributed by atoms with Crippen molar-refractivity contribution in [2.45, 2.75) is 40.2 Å². The van der Waals surface area contributed by atoms with Gasteiger partial charge in [0.25, 0.3) is 0 Å². The molecule has 5 heteroatoms. The van der Waals surface area contributed by atoms with Crippen LogP contribution in [0.1, 0.15) is 33.0 Å². The van der Waals surface area contributed by atoms with E-state index in [0.29, 0.717) is 5.92 Å². The summed E-state index contributed by atoms with van der Waals surface area (Å²) < 4.78 is 2.23. The minimum Gasteiger partial charge on any atom is -0.396 e. The van der Waals surface area contributed by atoms with E-state index < -0.39 is 0 Å². The third kappa shape index (κ3) is 2.33. The number of nitrogens with two attached hydrogens (primary N) is 1. The van der Waals surface area contributed by atoms with Crippen molar-refractivity contribution in [1.82, 2.24) is 19.5 Å². The lowest BCUT2D eigenvalue weighted by Crippen LogP contribution is -2.09. The van der Waals surface area contributed by atoms with Crippen LogP contribution in [0.3, 0.4) is 0 Å². The van der Waals surface area contributed by atoms with Gasteiger partial charge in [-0.05, 0) is 18.4 Å². The molecular formula is C16H21N5. The van der Waals surface area contributed by atoms with E-state index >= 15 is 0 Å². The summed E-state index contributed by atoms with van der Waals surface area (Å²) >= 11 is 0. The molecule has 0 radical (unpaired) electrons. The maximum Gasteiger partial charge on any atom is 0.180 e. The second-order valence-electron chi connectivity index (χ2n) is 5.87. The van der Waals surface area contributed by atoms with Crippen LogP contribution in [0.2, 0.25) is 0 Å². The highest BCUT2D eigenvalue weighted by Gasteiger charge is 2.17. The molecule has 0 spiro atoms. The fraction of sp³-hybridized carbons (Fsp3) is 0.438. The van der Waals surface area contributed by atoms with Crippen molar-refractivity contribution in [3.05, 3.63) is 24.3 Å². The zero-order valence-electron chi connectivity index (χ0n) is 12.8. The molecule has 21 heavy (non-hydrogen) atoms. The van der Waals surface area contributed by atoms with Crippen LogP contribution in [0.25, 0.3) is 22.1 Å². The number of rotatable bonds is 4. The molecule has 0 saturated heterocycles. The number of nitrogens with zero attached hydrogens (tertiary/aromatic N) is 4. The lowest BCUT2D eigenvalue weighted by atomic mass is 10.2. The average molecular weight is 283 g/mol. The third-order valence-electron chi connectivity index (χ3n) is 3.62. The maximum absolute atomic E-state index is 6.40. The second-order valence-corrected chi connectivity index (χ2v) is 5.87. The van der Waals surface area contributed by atoms with E-state index in [4.69, 9.17) is 10.7 Å². The Labute approximate surface area is 124 Å². The van der Waals surface area contributed by atoms with Gasteiger partial charge in [0.05, 0.1) is 11.2 Å². The van der Waals surface area contributed by atoms with Crippen LogP contribution in [0.5, 0.6) is 0 Å². The molecule has 0 aliphatic carbocycles. The van der Waals surface area contributed by atoms with Gasteiger partial charge in [0, 0.05) is 30.7 Å². The van der Waals surface area contributed by atoms with E-state index in [9.17, 15) is 0 Å². The first kappa shape index (κ1) is 13.8. The van der Waals surface area contributed by atoms with Crippen molar-refractivity contribution in [2.24, 2.45) is 5.92 Å². The summed E-state index contributed by atoms with van der Waals surface area (Å²) in [6, 6.07) is 1.88. The lowest BCUT2D eigenvalue weighted by Gasteiger charge is -2.12. The second kappa shape index (κ2) is 5.31. The van der Waals surface area contributed by atoms with Gasteiger partial charge in [-0.15, -0.1) is 0 Å². The van der Waals surface area contributed by atoms with Gasteiger partial charge >= 0.3 is 0 Å². The van der Waals surface area contributed by atoms with Gasteiger partial charge in [0.2, 0.25) is 0 Å². The first-order valence-electron chi connectivity index (χ1n) is 7.50. The number of hydrogen-bond donors (Lipinski definition) is 1. The largest absolute Gasteiger partial charge is 0.396 e. The lowest BCUT2D eigenvalue weighted by molar-refractivity contribution is 0.515. The normalized spacial score (nSPS) is 11.8. The molecule has 0 aliphatic heterocycles. The smallest absolute Gasteiger partial charge is 0.180 e. The number of aryl methyl sites for hydroxylation is 1. The fourth-order valence-corrected chi connectivity index (χ4v) is 2.74. The van der Waals surface area contributed by atoms with E-state index in [2.05, 4.69) is 35.3 Å². The number of anilines is 1. The fourth-order valence-electron chi connectivity index (χ4n) is 2.74. The monoisotopic (exact) mass is 283 g/mol. The van der Waals surface area contributed by atoms with E-state index in [1.54, 1.807) is 12.4 Å². The highest BCUT2D eigenvalue weighted by molar-refractivity contribution is 6.03. The van der Waals surface area contributed by atoms with Crippen molar-refractivity contribution < 1.29 is 0 Å². The molecular weight excluding hydrogens is 262 g/mol. The molecule has 0 unspecified atom stereocenters.